The summed E-state index contributed by atoms with van der Waals surface area (Å²) in [5.74, 6) is 0.375. The van der Waals surface area contributed by atoms with Crippen LogP contribution in [0, 0.1) is 5.92 Å². The number of hydrogen-bond donors (Lipinski definition) is 1. The topological polar surface area (TPSA) is 75.7 Å². The molecule has 0 bridgehead atoms. The van der Waals surface area contributed by atoms with Crippen LogP contribution in [-0.4, -0.2) is 37.3 Å². The van der Waals surface area contributed by atoms with E-state index in [1.54, 1.807) is 30.3 Å². The van der Waals surface area contributed by atoms with Crippen LogP contribution in [0.1, 0.15) is 57.6 Å². The molecule has 0 unspecified atom stereocenters. The van der Waals surface area contributed by atoms with E-state index in [0.29, 0.717) is 25.8 Å². The first-order valence-corrected chi connectivity index (χ1v) is 13.0. The predicted molar refractivity (Wildman–Crippen MR) is 124 cm³/mol. The number of ether oxygens (including phenoxy) is 1. The quantitative estimate of drug-likeness (QED) is 0.704. The van der Waals surface area contributed by atoms with Crippen molar-refractivity contribution in [2.24, 2.45) is 5.92 Å². The maximum absolute atomic E-state index is 13.3. The van der Waals surface area contributed by atoms with Gasteiger partial charge in [0.1, 0.15) is 11.4 Å². The molecule has 7 heteroatoms. The number of carbonyl (C=O) groups excluding carboxylic acids is 1. The Morgan fingerprint density at radius 3 is 2.50 bits per heavy atom. The maximum atomic E-state index is 13.3. The van der Waals surface area contributed by atoms with Gasteiger partial charge >= 0.3 is 0 Å². The van der Waals surface area contributed by atoms with E-state index in [1.165, 1.54) is 4.31 Å². The summed E-state index contributed by atoms with van der Waals surface area (Å²) >= 11 is 0. The molecule has 0 spiro atoms. The van der Waals surface area contributed by atoms with E-state index in [-0.39, 0.29) is 34.9 Å². The lowest BCUT2D eigenvalue weighted by molar-refractivity contribution is -0.127. The molecule has 0 aromatic heterocycles. The second-order valence-electron chi connectivity index (χ2n) is 8.81. The Morgan fingerprint density at radius 1 is 1.09 bits per heavy atom. The molecule has 2 atom stereocenters. The molecule has 2 aromatic rings. The number of carbonyl (C=O) groups is 1. The van der Waals surface area contributed by atoms with Crippen molar-refractivity contribution < 1.29 is 17.9 Å². The molecular formula is C25H32N2O4S. The molecule has 1 amide bonds. The molecule has 172 valence electrons. The van der Waals surface area contributed by atoms with Gasteiger partial charge in [-0.1, -0.05) is 50.2 Å². The highest BCUT2D eigenvalue weighted by molar-refractivity contribution is 7.89. The third-order valence-electron chi connectivity index (χ3n) is 6.94. The van der Waals surface area contributed by atoms with Gasteiger partial charge in [0.15, 0.2) is 0 Å². The van der Waals surface area contributed by atoms with Gasteiger partial charge in [0.05, 0.1) is 16.9 Å². The lowest BCUT2D eigenvalue weighted by atomic mass is 9.83. The number of para-hydroxylation sites is 1. The second kappa shape index (κ2) is 9.24. The van der Waals surface area contributed by atoms with Crippen molar-refractivity contribution in [3.63, 3.8) is 0 Å². The Kier molecular flexibility index (Phi) is 6.58. The number of fused-ring (bicyclic) bond motifs is 1. The molecule has 0 aliphatic carbocycles. The van der Waals surface area contributed by atoms with Crippen LogP contribution < -0.4 is 10.1 Å². The number of amides is 1. The standard InChI is InChI=1S/C25H32N2O4S/c1-3-25(4-2)17-22(21-14-8-9-15-23(21)31-25)26-24(28)19-11-10-16-27(18-19)32(29,30)20-12-6-5-7-13-20/h5-9,12-15,19,22H,3-4,10-11,16-18H2,1-2H3,(H,26,28)/t19-,22+/m0/s1. The predicted octanol–water partition coefficient (Wildman–Crippen LogP) is 4.29. The zero-order valence-electron chi connectivity index (χ0n) is 18.8. The van der Waals surface area contributed by atoms with Gasteiger partial charge in [0, 0.05) is 25.1 Å². The lowest BCUT2D eigenvalue weighted by Gasteiger charge is -2.42. The summed E-state index contributed by atoms with van der Waals surface area (Å²) in [5, 5.41) is 3.24. The number of nitrogens with one attached hydrogen (secondary N) is 1. The summed E-state index contributed by atoms with van der Waals surface area (Å²) in [6.45, 7) is 4.88. The van der Waals surface area contributed by atoms with Gasteiger partial charge in [0.25, 0.3) is 0 Å². The Bertz CT molecular complexity index is 1050. The van der Waals surface area contributed by atoms with Crippen molar-refractivity contribution in [1.29, 1.82) is 0 Å². The van der Waals surface area contributed by atoms with Crippen LogP contribution >= 0.6 is 0 Å². The normalized spacial score (nSPS) is 23.1. The molecule has 1 fully saturated rings. The van der Waals surface area contributed by atoms with E-state index in [1.807, 2.05) is 24.3 Å². The van der Waals surface area contributed by atoms with E-state index in [0.717, 1.165) is 24.2 Å². The first-order valence-electron chi connectivity index (χ1n) is 11.5. The summed E-state index contributed by atoms with van der Waals surface area (Å²) < 4.78 is 33.9. The van der Waals surface area contributed by atoms with Gasteiger partial charge in [0.2, 0.25) is 15.9 Å². The van der Waals surface area contributed by atoms with Crippen molar-refractivity contribution in [1.82, 2.24) is 9.62 Å². The minimum atomic E-state index is -3.60. The van der Waals surface area contributed by atoms with E-state index in [9.17, 15) is 13.2 Å². The number of rotatable bonds is 6. The monoisotopic (exact) mass is 456 g/mol. The van der Waals surface area contributed by atoms with E-state index in [4.69, 9.17) is 4.74 Å². The minimum Gasteiger partial charge on any atom is -0.487 e. The van der Waals surface area contributed by atoms with E-state index >= 15 is 0 Å². The minimum absolute atomic E-state index is 0.0826. The molecule has 2 aliphatic heterocycles. The van der Waals surface area contributed by atoms with Crippen molar-refractivity contribution in [3.05, 3.63) is 60.2 Å². The third kappa shape index (κ3) is 4.41. The van der Waals surface area contributed by atoms with Gasteiger partial charge in [-0.3, -0.25) is 4.79 Å². The fourth-order valence-electron chi connectivity index (χ4n) is 4.84. The zero-order chi connectivity index (χ0) is 22.8. The summed E-state index contributed by atoms with van der Waals surface area (Å²) in [5.41, 5.74) is 0.685. The number of benzene rings is 2. The molecule has 4 rings (SSSR count). The average molecular weight is 457 g/mol. The van der Waals surface area contributed by atoms with Gasteiger partial charge in [-0.25, -0.2) is 8.42 Å². The molecule has 0 saturated carbocycles. The average Bonchev–Trinajstić information content (AvgIpc) is 2.84. The molecular weight excluding hydrogens is 424 g/mol. The maximum Gasteiger partial charge on any atom is 0.243 e. The number of sulfonamides is 1. The largest absolute Gasteiger partial charge is 0.487 e. The van der Waals surface area contributed by atoms with Crippen LogP contribution in [-0.2, 0) is 14.8 Å². The first-order chi connectivity index (χ1) is 15.4. The van der Waals surface area contributed by atoms with Gasteiger partial charge in [-0.05, 0) is 43.9 Å². The number of piperidine rings is 1. The van der Waals surface area contributed by atoms with Crippen molar-refractivity contribution in [3.8, 4) is 5.75 Å². The van der Waals surface area contributed by atoms with Gasteiger partial charge in [-0.15, -0.1) is 0 Å². The van der Waals surface area contributed by atoms with Crippen LogP contribution in [0.2, 0.25) is 0 Å². The SMILES string of the molecule is CCC1(CC)C[C@@H](NC(=O)[C@H]2CCCN(S(=O)(=O)c3ccccc3)C2)c2ccccc2O1. The van der Waals surface area contributed by atoms with Crippen molar-refractivity contribution >= 4 is 15.9 Å². The highest BCUT2D eigenvalue weighted by Crippen LogP contribution is 2.42. The summed E-state index contributed by atoms with van der Waals surface area (Å²) in [6, 6.07) is 16.2. The molecule has 1 N–H and O–H groups in total. The molecule has 6 nitrogen and oxygen atoms in total. The molecule has 1 saturated heterocycles. The number of hydrogen-bond acceptors (Lipinski definition) is 4. The Hall–Kier alpha value is -2.38. The number of nitrogens with zero attached hydrogens (tertiary/aromatic N) is 1. The summed E-state index contributed by atoms with van der Waals surface area (Å²) in [4.78, 5) is 13.6. The van der Waals surface area contributed by atoms with Crippen molar-refractivity contribution in [2.75, 3.05) is 13.1 Å². The summed E-state index contributed by atoms with van der Waals surface area (Å²) in [7, 11) is -3.60. The van der Waals surface area contributed by atoms with Crippen LogP contribution in [0.25, 0.3) is 0 Å². The van der Waals surface area contributed by atoms with Crippen LogP contribution in [0.15, 0.2) is 59.5 Å². The Morgan fingerprint density at radius 2 is 1.78 bits per heavy atom. The Balaban J connectivity index is 1.51. The lowest BCUT2D eigenvalue weighted by Crippen LogP contribution is -2.49. The van der Waals surface area contributed by atoms with Crippen LogP contribution in [0.5, 0.6) is 5.75 Å². The van der Waals surface area contributed by atoms with Crippen LogP contribution in [0.3, 0.4) is 0 Å². The molecule has 2 aromatic carbocycles. The first kappa shape index (κ1) is 22.8. The van der Waals surface area contributed by atoms with Crippen molar-refractivity contribution in [2.45, 2.75) is 62.5 Å². The fraction of sp³-hybridized carbons (Fsp3) is 0.480. The van der Waals surface area contributed by atoms with Gasteiger partial charge in [-0.2, -0.15) is 4.31 Å². The molecule has 0 radical (unpaired) electrons. The second-order valence-corrected chi connectivity index (χ2v) is 10.7. The highest BCUT2D eigenvalue weighted by Gasteiger charge is 2.40. The fourth-order valence-corrected chi connectivity index (χ4v) is 6.38. The zero-order valence-corrected chi connectivity index (χ0v) is 19.6. The molecule has 2 aliphatic rings. The molecule has 2 heterocycles. The molecule has 32 heavy (non-hydrogen) atoms. The highest BCUT2D eigenvalue weighted by atomic mass is 32.2. The third-order valence-corrected chi connectivity index (χ3v) is 8.82. The van der Waals surface area contributed by atoms with E-state index in [2.05, 4.69) is 19.2 Å². The summed E-state index contributed by atoms with van der Waals surface area (Å²) in [6.07, 6.45) is 3.78. The smallest absolute Gasteiger partial charge is 0.243 e. The van der Waals surface area contributed by atoms with Crippen LogP contribution in [0.4, 0.5) is 0 Å². The van der Waals surface area contributed by atoms with Gasteiger partial charge < -0.3 is 10.1 Å². The van der Waals surface area contributed by atoms with E-state index < -0.39 is 10.0 Å². The Labute approximate surface area is 191 Å².